The van der Waals surface area contributed by atoms with Crippen LogP contribution in [0.2, 0.25) is 0 Å². The maximum atomic E-state index is 13.4. The van der Waals surface area contributed by atoms with E-state index in [1.54, 1.807) is 17.0 Å². The molecule has 8 nitrogen and oxygen atoms in total. The molecule has 0 aromatic heterocycles. The first-order chi connectivity index (χ1) is 21.6. The Kier molecular flexibility index (Phi) is 11.0. The van der Waals surface area contributed by atoms with Crippen molar-refractivity contribution in [3.05, 3.63) is 94.3 Å². The summed E-state index contributed by atoms with van der Waals surface area (Å²) in [5.41, 5.74) is 3.89. The van der Waals surface area contributed by atoms with Gasteiger partial charge >= 0.3 is 6.09 Å². The van der Waals surface area contributed by atoms with Gasteiger partial charge in [-0.2, -0.15) is 0 Å². The molecule has 1 heterocycles. The molecule has 248 valence electrons. The van der Waals surface area contributed by atoms with E-state index in [0.717, 1.165) is 39.3 Å². The fourth-order valence-electron chi connectivity index (χ4n) is 5.69. The predicted octanol–water partition coefficient (Wildman–Crippen LogP) is 7.58. The van der Waals surface area contributed by atoms with Gasteiger partial charge in [-0.25, -0.2) is 14.2 Å². The van der Waals surface area contributed by atoms with Gasteiger partial charge in [0, 0.05) is 13.1 Å². The first kappa shape index (κ1) is 34.8. The third-order valence-electron chi connectivity index (χ3n) is 7.70. The first-order valence-corrected chi connectivity index (χ1v) is 15.9. The number of rotatable bonds is 9. The van der Waals surface area contributed by atoms with Gasteiger partial charge in [-0.15, -0.1) is 0 Å². The number of hydrogen-bond donors (Lipinski definition) is 2. The van der Waals surface area contributed by atoms with Gasteiger partial charge in [0.15, 0.2) is 5.96 Å². The summed E-state index contributed by atoms with van der Waals surface area (Å²) >= 11 is 0. The number of ether oxygens (including phenoxy) is 3. The normalized spacial score (nSPS) is 18.0. The summed E-state index contributed by atoms with van der Waals surface area (Å²) in [6.07, 6.45) is 0.0303. The number of halogens is 1. The average Bonchev–Trinajstić information content (AvgIpc) is 3.17. The van der Waals surface area contributed by atoms with Gasteiger partial charge in [-0.1, -0.05) is 30.3 Å². The number of carbonyl (C=O) groups is 1. The van der Waals surface area contributed by atoms with Crippen LogP contribution in [0.5, 0.6) is 11.5 Å². The second-order valence-corrected chi connectivity index (χ2v) is 13.6. The topological polar surface area (TPSA) is 84.4 Å². The molecule has 0 radical (unpaired) electrons. The standard InChI is InChI=1S/C37H49FN4O4/c1-24-18-25(2)20-31(19-24)44-33-15-12-29(21-26(33)3)22-40-34(39-17-16-28-10-13-30(38)14-11-28)41-23-32-27(4)45-37(8,9)42(32)35(43)46-36(5,6)7/h10-15,18-21,27,32H,16-17,22-23H2,1-9H3,(H2,39,40,41). The molecule has 9 heteroatoms. The van der Waals surface area contributed by atoms with Crippen LogP contribution >= 0.6 is 0 Å². The molecule has 3 aromatic carbocycles. The number of carbonyl (C=O) groups excluding carboxylic acids is 1. The van der Waals surface area contributed by atoms with Crippen LogP contribution < -0.4 is 15.4 Å². The minimum Gasteiger partial charge on any atom is -0.457 e. The molecule has 0 saturated carbocycles. The Morgan fingerprint density at radius 2 is 1.63 bits per heavy atom. The van der Waals surface area contributed by atoms with E-state index in [1.165, 1.54) is 12.1 Å². The fraction of sp³-hybridized carbons (Fsp3) is 0.459. The van der Waals surface area contributed by atoms with E-state index in [9.17, 15) is 9.18 Å². The fourth-order valence-corrected chi connectivity index (χ4v) is 5.69. The molecule has 0 bridgehead atoms. The molecular formula is C37H49FN4O4. The molecule has 46 heavy (non-hydrogen) atoms. The third-order valence-corrected chi connectivity index (χ3v) is 7.70. The Morgan fingerprint density at radius 3 is 2.26 bits per heavy atom. The molecule has 1 saturated heterocycles. The second kappa shape index (κ2) is 14.5. The predicted molar refractivity (Wildman–Crippen MR) is 181 cm³/mol. The van der Waals surface area contributed by atoms with Gasteiger partial charge in [0.05, 0.1) is 18.7 Å². The lowest BCUT2D eigenvalue weighted by Gasteiger charge is -2.35. The minimum absolute atomic E-state index is 0.233. The molecular weight excluding hydrogens is 583 g/mol. The average molecular weight is 633 g/mol. The first-order valence-electron chi connectivity index (χ1n) is 15.9. The SMILES string of the molecule is Cc1cc(C)cc(Oc2ccc(CN=C(NCCc3ccc(F)cc3)NCC3C(C)OC(C)(C)N3C(=O)OC(C)(C)C)cc2C)c1. The zero-order chi connectivity index (χ0) is 33.6. The van der Waals surface area contributed by atoms with E-state index in [-0.39, 0.29) is 18.0 Å². The lowest BCUT2D eigenvalue weighted by atomic mass is 10.1. The number of benzene rings is 3. The Labute approximate surface area is 273 Å². The Bertz CT molecular complexity index is 1510. The smallest absolute Gasteiger partial charge is 0.412 e. The Morgan fingerprint density at radius 1 is 0.978 bits per heavy atom. The van der Waals surface area contributed by atoms with Crippen molar-refractivity contribution in [2.75, 3.05) is 13.1 Å². The summed E-state index contributed by atoms with van der Waals surface area (Å²) in [6.45, 7) is 18.8. The van der Waals surface area contributed by atoms with Gasteiger partial charge in [-0.3, -0.25) is 4.90 Å². The molecule has 2 unspecified atom stereocenters. The molecule has 4 rings (SSSR count). The number of hydrogen-bond acceptors (Lipinski definition) is 5. The minimum atomic E-state index is -0.833. The van der Waals surface area contributed by atoms with Crippen LogP contribution in [0.15, 0.2) is 65.7 Å². The quantitative estimate of drug-likeness (QED) is 0.187. The summed E-state index contributed by atoms with van der Waals surface area (Å²) < 4.78 is 31.5. The van der Waals surface area contributed by atoms with Gasteiger partial charge in [0.2, 0.25) is 0 Å². The van der Waals surface area contributed by atoms with E-state index in [2.05, 4.69) is 36.6 Å². The Balaban J connectivity index is 1.49. The molecule has 0 spiro atoms. The largest absolute Gasteiger partial charge is 0.457 e. The van der Waals surface area contributed by atoms with Gasteiger partial charge in [0.25, 0.3) is 0 Å². The number of aliphatic imine (C=N–C) groups is 1. The zero-order valence-corrected chi connectivity index (χ0v) is 28.7. The van der Waals surface area contributed by atoms with Crippen molar-refractivity contribution in [1.29, 1.82) is 0 Å². The molecule has 1 aliphatic heterocycles. The number of aryl methyl sites for hydroxylation is 3. The van der Waals surface area contributed by atoms with Crippen molar-refractivity contribution >= 4 is 12.1 Å². The summed E-state index contributed by atoms with van der Waals surface area (Å²) in [6, 6.07) is 18.5. The second-order valence-electron chi connectivity index (χ2n) is 13.6. The van der Waals surface area contributed by atoms with Gasteiger partial charge in [-0.05, 0) is 127 Å². The molecule has 1 fully saturated rings. The number of guanidine groups is 1. The van der Waals surface area contributed by atoms with Crippen LogP contribution in [0.1, 0.15) is 69.4 Å². The number of nitrogens with zero attached hydrogens (tertiary/aromatic N) is 2. The maximum Gasteiger partial charge on any atom is 0.412 e. The van der Waals surface area contributed by atoms with E-state index in [4.69, 9.17) is 19.2 Å². The van der Waals surface area contributed by atoms with Crippen LogP contribution in [-0.4, -0.2) is 53.5 Å². The molecule has 2 N–H and O–H groups in total. The van der Waals surface area contributed by atoms with Crippen molar-refractivity contribution in [1.82, 2.24) is 15.5 Å². The van der Waals surface area contributed by atoms with Gasteiger partial charge in [0.1, 0.15) is 28.6 Å². The molecule has 3 aromatic rings. The van der Waals surface area contributed by atoms with E-state index in [0.29, 0.717) is 32.0 Å². The van der Waals surface area contributed by atoms with Crippen molar-refractivity contribution < 1.29 is 23.4 Å². The van der Waals surface area contributed by atoms with Gasteiger partial charge < -0.3 is 24.8 Å². The van der Waals surface area contributed by atoms with Crippen LogP contribution in [0.25, 0.3) is 0 Å². The highest BCUT2D eigenvalue weighted by Crippen LogP contribution is 2.33. The van der Waals surface area contributed by atoms with Crippen molar-refractivity contribution in [3.8, 4) is 11.5 Å². The maximum absolute atomic E-state index is 13.4. The third kappa shape index (κ3) is 9.69. The summed E-state index contributed by atoms with van der Waals surface area (Å²) in [4.78, 5) is 19.8. The highest BCUT2D eigenvalue weighted by molar-refractivity contribution is 5.80. The highest BCUT2D eigenvalue weighted by Gasteiger charge is 2.49. The molecule has 2 atom stereocenters. The zero-order valence-electron chi connectivity index (χ0n) is 28.7. The Hall–Kier alpha value is -4.11. The molecule has 1 amide bonds. The number of amides is 1. The molecule has 0 aliphatic carbocycles. The van der Waals surface area contributed by atoms with E-state index >= 15 is 0 Å². The highest BCUT2D eigenvalue weighted by atomic mass is 19.1. The lowest BCUT2D eigenvalue weighted by molar-refractivity contribution is -0.0755. The monoisotopic (exact) mass is 632 g/mol. The summed E-state index contributed by atoms with van der Waals surface area (Å²) in [5.74, 6) is 1.95. The van der Waals surface area contributed by atoms with Crippen LogP contribution in [0.4, 0.5) is 9.18 Å². The van der Waals surface area contributed by atoms with E-state index < -0.39 is 17.4 Å². The lowest BCUT2D eigenvalue weighted by Crippen LogP contribution is -2.54. The van der Waals surface area contributed by atoms with E-state index in [1.807, 2.05) is 72.7 Å². The molecule has 1 aliphatic rings. The van der Waals surface area contributed by atoms with Crippen LogP contribution in [-0.2, 0) is 22.4 Å². The number of nitrogens with one attached hydrogen (secondary N) is 2. The summed E-state index contributed by atoms with van der Waals surface area (Å²) in [7, 11) is 0. The van der Waals surface area contributed by atoms with Crippen LogP contribution in [0.3, 0.4) is 0 Å². The van der Waals surface area contributed by atoms with Crippen molar-refractivity contribution in [2.24, 2.45) is 4.99 Å². The summed E-state index contributed by atoms with van der Waals surface area (Å²) in [5, 5.41) is 6.85. The van der Waals surface area contributed by atoms with Crippen molar-refractivity contribution in [3.63, 3.8) is 0 Å². The van der Waals surface area contributed by atoms with Crippen LogP contribution in [0, 0.1) is 26.6 Å². The van der Waals surface area contributed by atoms with Crippen molar-refractivity contribution in [2.45, 2.75) is 98.8 Å².